The van der Waals surface area contributed by atoms with E-state index in [4.69, 9.17) is 17.3 Å². The third-order valence-corrected chi connectivity index (χ3v) is 1.25. The number of halogens is 2. The van der Waals surface area contributed by atoms with Gasteiger partial charge >= 0.3 is 0 Å². The topological polar surface area (TPSA) is 26.0 Å². The number of benzene rings is 1. The van der Waals surface area contributed by atoms with Crippen molar-refractivity contribution in [3.05, 3.63) is 29.0 Å². The number of anilines is 1. The van der Waals surface area contributed by atoms with E-state index >= 15 is 0 Å². The van der Waals surface area contributed by atoms with Crippen molar-refractivity contribution in [3.8, 4) is 0 Å². The second-order valence-electron chi connectivity index (χ2n) is 1.55. The molecule has 9 heavy (non-hydrogen) atoms. The summed E-state index contributed by atoms with van der Waals surface area (Å²) in [4.78, 5) is 0. The van der Waals surface area contributed by atoms with Crippen molar-refractivity contribution in [3.63, 3.8) is 0 Å². The van der Waals surface area contributed by atoms with Crippen molar-refractivity contribution in [1.82, 2.24) is 0 Å². The van der Waals surface area contributed by atoms with Crippen molar-refractivity contribution < 1.29 is 4.39 Å². The first kappa shape index (κ1) is 6.36. The van der Waals surface area contributed by atoms with Gasteiger partial charge in [-0.15, -0.1) is 0 Å². The van der Waals surface area contributed by atoms with E-state index < -0.39 is 5.82 Å². The first-order valence-electron chi connectivity index (χ1n) is 2.33. The van der Waals surface area contributed by atoms with Gasteiger partial charge in [0.05, 0.1) is 10.7 Å². The van der Waals surface area contributed by atoms with Crippen LogP contribution < -0.4 is 5.73 Å². The van der Waals surface area contributed by atoms with Crippen molar-refractivity contribution in [2.24, 2.45) is 0 Å². The maximum atomic E-state index is 12.4. The summed E-state index contributed by atoms with van der Waals surface area (Å²) in [5, 5.41) is 0.134. The Kier molecular flexibility index (Phi) is 1.58. The van der Waals surface area contributed by atoms with Gasteiger partial charge in [-0.05, 0) is 12.1 Å². The van der Waals surface area contributed by atoms with Crippen LogP contribution in [0.25, 0.3) is 0 Å². The van der Waals surface area contributed by atoms with E-state index in [1.807, 2.05) is 0 Å². The number of hydrogen-bond donors (Lipinski definition) is 1. The molecule has 3 heteroatoms. The van der Waals surface area contributed by atoms with Crippen molar-refractivity contribution in [2.45, 2.75) is 0 Å². The van der Waals surface area contributed by atoms with Crippen LogP contribution in [0.15, 0.2) is 12.1 Å². The lowest BCUT2D eigenvalue weighted by molar-refractivity contribution is 0.632. The van der Waals surface area contributed by atoms with E-state index in [0.717, 1.165) is 0 Å². The van der Waals surface area contributed by atoms with Crippen LogP contribution in [0.5, 0.6) is 0 Å². The molecule has 0 saturated carbocycles. The fourth-order valence-corrected chi connectivity index (χ4v) is 0.614. The Morgan fingerprint density at radius 1 is 1.67 bits per heavy atom. The van der Waals surface area contributed by atoms with Gasteiger partial charge in [0.25, 0.3) is 0 Å². The third-order valence-electron chi connectivity index (χ3n) is 0.933. The highest BCUT2D eigenvalue weighted by atomic mass is 35.5. The van der Waals surface area contributed by atoms with Gasteiger partial charge in [-0.3, -0.25) is 0 Å². The molecule has 0 aliphatic carbocycles. The van der Waals surface area contributed by atoms with Crippen LogP contribution in [-0.2, 0) is 0 Å². The summed E-state index contributed by atoms with van der Waals surface area (Å²) in [5.41, 5.74) is 5.10. The largest absolute Gasteiger partial charge is 0.395 e. The number of nitrogens with two attached hydrogens (primary N) is 1. The summed E-state index contributed by atoms with van der Waals surface area (Å²) in [6.07, 6.45) is 0. The molecule has 1 aromatic rings. The lowest BCUT2D eigenvalue weighted by Crippen LogP contribution is -1.89. The maximum absolute atomic E-state index is 12.4. The fourth-order valence-electron chi connectivity index (χ4n) is 0.460. The Hall–Kier alpha value is -0.760. The Balaban J connectivity index is 3.25. The molecule has 1 nitrogen and oxygen atoms in total. The second kappa shape index (κ2) is 2.23. The third kappa shape index (κ3) is 1.13. The molecule has 0 aromatic heterocycles. The normalized spacial score (nSPS) is 9.56. The Morgan fingerprint density at radius 3 is 2.78 bits per heavy atom. The molecule has 1 aromatic carbocycles. The van der Waals surface area contributed by atoms with Gasteiger partial charge in [-0.25, -0.2) is 4.39 Å². The molecule has 0 unspecified atom stereocenters. The van der Waals surface area contributed by atoms with E-state index in [2.05, 4.69) is 6.07 Å². The highest BCUT2D eigenvalue weighted by Crippen LogP contribution is 2.19. The minimum Gasteiger partial charge on any atom is -0.395 e. The summed E-state index contributed by atoms with van der Waals surface area (Å²) >= 11 is 5.39. The predicted molar refractivity (Wildman–Crippen MR) is 34.7 cm³/mol. The SMILES string of the molecule is Nc1c(Cl)[c]ccc1F. The molecule has 0 aliphatic heterocycles. The van der Waals surface area contributed by atoms with E-state index in [-0.39, 0.29) is 10.7 Å². The van der Waals surface area contributed by atoms with E-state index in [0.29, 0.717) is 0 Å². The van der Waals surface area contributed by atoms with Crippen molar-refractivity contribution in [1.29, 1.82) is 0 Å². The van der Waals surface area contributed by atoms with Crippen molar-refractivity contribution >= 4 is 17.3 Å². The molecule has 47 valence electrons. The first-order valence-corrected chi connectivity index (χ1v) is 2.71. The Labute approximate surface area is 57.2 Å². The van der Waals surface area contributed by atoms with Gasteiger partial charge in [0.1, 0.15) is 5.82 Å². The van der Waals surface area contributed by atoms with E-state index in [1.165, 1.54) is 12.1 Å². The molecule has 2 N–H and O–H groups in total. The Bertz CT molecular complexity index is 204. The minimum atomic E-state index is -0.501. The summed E-state index contributed by atoms with van der Waals surface area (Å²) in [6.45, 7) is 0. The standard InChI is InChI=1S/C6H4ClFN/c7-4-2-1-3-5(8)6(4)9/h1,3H,9H2. The molecule has 0 atom stereocenters. The average Bonchev–Trinajstić information content (AvgIpc) is 1.83. The fraction of sp³-hybridized carbons (Fsp3) is 0. The van der Waals surface area contributed by atoms with Crippen molar-refractivity contribution in [2.75, 3.05) is 5.73 Å². The lowest BCUT2D eigenvalue weighted by Gasteiger charge is -1.94. The molecular formula is C6H4ClFN. The first-order chi connectivity index (χ1) is 4.22. The van der Waals surface area contributed by atoms with Crippen LogP contribution in [-0.4, -0.2) is 0 Å². The van der Waals surface area contributed by atoms with E-state index in [1.54, 1.807) is 0 Å². The molecule has 0 fully saturated rings. The van der Waals surface area contributed by atoms with E-state index in [9.17, 15) is 4.39 Å². The maximum Gasteiger partial charge on any atom is 0.147 e. The molecule has 1 rings (SSSR count). The van der Waals surface area contributed by atoms with Crippen LogP contribution in [0, 0.1) is 11.9 Å². The highest BCUT2D eigenvalue weighted by Gasteiger charge is 1.99. The molecule has 0 spiro atoms. The van der Waals surface area contributed by atoms with Gasteiger partial charge in [-0.2, -0.15) is 0 Å². The number of nitrogen functional groups attached to an aromatic ring is 1. The molecule has 0 amide bonds. The van der Waals surface area contributed by atoms with Crippen LogP contribution in [0.3, 0.4) is 0 Å². The average molecular weight is 145 g/mol. The predicted octanol–water partition coefficient (Wildman–Crippen LogP) is 1.86. The van der Waals surface area contributed by atoms with Crippen LogP contribution in [0.1, 0.15) is 0 Å². The molecule has 0 saturated heterocycles. The number of rotatable bonds is 0. The van der Waals surface area contributed by atoms with Gasteiger partial charge in [0.2, 0.25) is 0 Å². The van der Waals surface area contributed by atoms with Gasteiger partial charge < -0.3 is 5.73 Å². The molecular weight excluding hydrogens is 141 g/mol. The summed E-state index contributed by atoms with van der Waals surface area (Å²) < 4.78 is 12.4. The lowest BCUT2D eigenvalue weighted by atomic mass is 10.3. The van der Waals surface area contributed by atoms with Crippen LogP contribution in [0.4, 0.5) is 10.1 Å². The Morgan fingerprint density at radius 2 is 2.33 bits per heavy atom. The zero-order chi connectivity index (χ0) is 6.85. The minimum absolute atomic E-state index is 0.0424. The zero-order valence-electron chi connectivity index (χ0n) is 4.49. The summed E-state index contributed by atoms with van der Waals surface area (Å²) in [7, 11) is 0. The van der Waals surface area contributed by atoms with Crippen LogP contribution in [0.2, 0.25) is 5.02 Å². The molecule has 1 radical (unpaired) electrons. The highest BCUT2D eigenvalue weighted by molar-refractivity contribution is 6.32. The van der Waals surface area contributed by atoms with Crippen LogP contribution >= 0.6 is 11.6 Å². The molecule has 0 bridgehead atoms. The summed E-state index contributed by atoms with van der Waals surface area (Å²) in [6, 6.07) is 5.13. The molecule has 0 heterocycles. The number of hydrogen-bond acceptors (Lipinski definition) is 1. The van der Waals surface area contributed by atoms with Gasteiger partial charge in [-0.1, -0.05) is 11.6 Å². The monoisotopic (exact) mass is 144 g/mol. The quantitative estimate of drug-likeness (QED) is 0.553. The second-order valence-corrected chi connectivity index (χ2v) is 1.93. The van der Waals surface area contributed by atoms with Gasteiger partial charge in [0.15, 0.2) is 0 Å². The smallest absolute Gasteiger partial charge is 0.147 e. The zero-order valence-corrected chi connectivity index (χ0v) is 5.24. The molecule has 0 aliphatic rings. The summed E-state index contributed by atoms with van der Waals surface area (Å²) in [5.74, 6) is -0.501. The van der Waals surface area contributed by atoms with Gasteiger partial charge in [0, 0.05) is 6.07 Å².